The highest BCUT2D eigenvalue weighted by Gasteiger charge is 2.27. The molecule has 0 radical (unpaired) electrons. The molecule has 2 aromatic rings. The van der Waals surface area contributed by atoms with Crippen LogP contribution in [0.5, 0.6) is 34.5 Å². The zero-order valence-corrected chi connectivity index (χ0v) is 21.4. The third-order valence-electron chi connectivity index (χ3n) is 5.96. The Morgan fingerprint density at radius 1 is 0.657 bits per heavy atom. The highest BCUT2D eigenvalue weighted by molar-refractivity contribution is 6.15. The first-order chi connectivity index (χ1) is 16.9. The standard InChI is InChI=1S/C27H33NO7/c1-8-28-15-17(9-21-23(32-4)11-19(30-2)12-24(21)33-5)27(29)18(16-28)10-22-25(34-6)13-20(31-3)14-26(22)35-7/h9-14H,8,15-16H2,1-7H3/b17-9+,18-10+. The van der Waals surface area contributed by atoms with E-state index in [1.54, 1.807) is 66.9 Å². The van der Waals surface area contributed by atoms with Gasteiger partial charge in [-0.25, -0.2) is 0 Å². The number of likely N-dealkylation sites (tertiary alicyclic amines) is 1. The SMILES string of the molecule is CCN1C/C(=C\c2c(OC)cc(OC)cc2OC)C(=O)/C(=C/c2c(OC)cc(OC)cc2OC)C1. The van der Waals surface area contributed by atoms with Gasteiger partial charge in [-0.05, 0) is 18.7 Å². The Balaban J connectivity index is 2.14. The van der Waals surface area contributed by atoms with Gasteiger partial charge in [0.05, 0.1) is 53.8 Å². The Morgan fingerprint density at radius 3 is 1.26 bits per heavy atom. The van der Waals surface area contributed by atoms with Gasteiger partial charge in [-0.2, -0.15) is 0 Å². The van der Waals surface area contributed by atoms with Crippen LogP contribution in [0, 0.1) is 0 Å². The lowest BCUT2D eigenvalue weighted by Crippen LogP contribution is -2.37. The van der Waals surface area contributed by atoms with E-state index < -0.39 is 0 Å². The number of likely N-dealkylation sites (N-methyl/N-ethyl adjacent to an activating group) is 1. The molecule has 8 nitrogen and oxygen atoms in total. The van der Waals surface area contributed by atoms with Crippen LogP contribution in [0.25, 0.3) is 12.2 Å². The maximum absolute atomic E-state index is 13.7. The van der Waals surface area contributed by atoms with Gasteiger partial charge in [-0.15, -0.1) is 0 Å². The fraction of sp³-hybridized carbons (Fsp3) is 0.370. The van der Waals surface area contributed by atoms with Gasteiger partial charge in [0, 0.05) is 48.5 Å². The Hall–Kier alpha value is -3.65. The molecule has 1 saturated heterocycles. The molecule has 0 bridgehead atoms. The van der Waals surface area contributed by atoms with Crippen molar-refractivity contribution in [3.63, 3.8) is 0 Å². The number of carbonyl (C=O) groups excluding carboxylic acids is 1. The quantitative estimate of drug-likeness (QED) is 0.494. The first-order valence-electron chi connectivity index (χ1n) is 11.2. The van der Waals surface area contributed by atoms with Crippen LogP contribution in [0.15, 0.2) is 35.4 Å². The van der Waals surface area contributed by atoms with Gasteiger partial charge in [-0.3, -0.25) is 9.69 Å². The second-order valence-corrected chi connectivity index (χ2v) is 7.86. The molecular formula is C27H33NO7. The fourth-order valence-corrected chi connectivity index (χ4v) is 4.03. The summed E-state index contributed by atoms with van der Waals surface area (Å²) in [5.41, 5.74) is 2.60. The highest BCUT2D eigenvalue weighted by atomic mass is 16.5. The monoisotopic (exact) mass is 483 g/mol. The van der Waals surface area contributed by atoms with Crippen molar-refractivity contribution in [2.24, 2.45) is 0 Å². The third-order valence-corrected chi connectivity index (χ3v) is 5.96. The van der Waals surface area contributed by atoms with Crippen molar-refractivity contribution >= 4 is 17.9 Å². The number of carbonyl (C=O) groups is 1. The smallest absolute Gasteiger partial charge is 0.187 e. The molecule has 1 aliphatic rings. The van der Waals surface area contributed by atoms with Crippen molar-refractivity contribution in [1.29, 1.82) is 0 Å². The van der Waals surface area contributed by atoms with E-state index in [9.17, 15) is 4.79 Å². The van der Waals surface area contributed by atoms with Gasteiger partial charge in [0.25, 0.3) is 0 Å². The molecule has 188 valence electrons. The summed E-state index contributed by atoms with van der Waals surface area (Å²) in [7, 11) is 9.45. The third kappa shape index (κ3) is 5.54. The molecule has 1 fully saturated rings. The van der Waals surface area contributed by atoms with Crippen LogP contribution in [0.2, 0.25) is 0 Å². The molecule has 2 aromatic carbocycles. The lowest BCUT2D eigenvalue weighted by atomic mass is 9.93. The number of hydrogen-bond donors (Lipinski definition) is 0. The van der Waals surface area contributed by atoms with E-state index in [0.29, 0.717) is 69.9 Å². The second-order valence-electron chi connectivity index (χ2n) is 7.86. The molecule has 0 spiro atoms. The normalized spacial score (nSPS) is 16.4. The van der Waals surface area contributed by atoms with Crippen molar-refractivity contribution in [3.05, 3.63) is 46.5 Å². The number of nitrogens with zero attached hydrogens (tertiary/aromatic N) is 1. The lowest BCUT2D eigenvalue weighted by molar-refractivity contribution is -0.113. The minimum absolute atomic E-state index is 0.0606. The molecule has 8 heteroatoms. The minimum atomic E-state index is -0.0606. The summed E-state index contributed by atoms with van der Waals surface area (Å²) >= 11 is 0. The van der Waals surface area contributed by atoms with Crippen LogP contribution in [-0.2, 0) is 4.79 Å². The zero-order valence-electron chi connectivity index (χ0n) is 21.4. The van der Waals surface area contributed by atoms with Gasteiger partial charge >= 0.3 is 0 Å². The summed E-state index contributed by atoms with van der Waals surface area (Å²) in [6.45, 7) is 3.84. The summed E-state index contributed by atoms with van der Waals surface area (Å²) in [4.78, 5) is 15.8. The Morgan fingerprint density at radius 2 is 1.00 bits per heavy atom. The first-order valence-corrected chi connectivity index (χ1v) is 11.2. The molecule has 0 aliphatic carbocycles. The number of Topliss-reactive ketones (excluding diaryl/α,β-unsaturated/α-hetero) is 1. The summed E-state index contributed by atoms with van der Waals surface area (Å²) < 4.78 is 33.0. The van der Waals surface area contributed by atoms with Crippen molar-refractivity contribution < 1.29 is 33.2 Å². The number of ether oxygens (including phenoxy) is 6. The van der Waals surface area contributed by atoms with Crippen molar-refractivity contribution in [3.8, 4) is 34.5 Å². The average Bonchev–Trinajstić information content (AvgIpc) is 2.90. The van der Waals surface area contributed by atoms with Crippen LogP contribution in [0.4, 0.5) is 0 Å². The Labute approximate surface area is 206 Å². The van der Waals surface area contributed by atoms with E-state index in [1.807, 2.05) is 12.2 Å². The van der Waals surface area contributed by atoms with E-state index in [2.05, 4.69) is 11.8 Å². The van der Waals surface area contributed by atoms with Crippen LogP contribution < -0.4 is 28.4 Å². The van der Waals surface area contributed by atoms with Gasteiger partial charge < -0.3 is 28.4 Å². The van der Waals surface area contributed by atoms with Crippen LogP contribution in [0.1, 0.15) is 18.1 Å². The molecule has 35 heavy (non-hydrogen) atoms. The molecular weight excluding hydrogens is 450 g/mol. The zero-order chi connectivity index (χ0) is 25.5. The molecule has 1 aliphatic heterocycles. The number of ketones is 1. The average molecular weight is 484 g/mol. The van der Waals surface area contributed by atoms with E-state index in [4.69, 9.17) is 28.4 Å². The van der Waals surface area contributed by atoms with Crippen LogP contribution in [0.3, 0.4) is 0 Å². The molecule has 0 aromatic heterocycles. The predicted octanol–water partition coefficient (Wildman–Crippen LogP) is 4.11. The van der Waals surface area contributed by atoms with Crippen molar-refractivity contribution in [1.82, 2.24) is 4.90 Å². The van der Waals surface area contributed by atoms with Gasteiger partial charge in [0.1, 0.15) is 34.5 Å². The molecule has 0 atom stereocenters. The van der Waals surface area contributed by atoms with Crippen molar-refractivity contribution in [2.45, 2.75) is 6.92 Å². The van der Waals surface area contributed by atoms with E-state index in [1.165, 1.54) is 0 Å². The highest BCUT2D eigenvalue weighted by Crippen LogP contribution is 2.38. The number of methoxy groups -OCH3 is 6. The summed E-state index contributed by atoms with van der Waals surface area (Å²) in [5, 5.41) is 0. The summed E-state index contributed by atoms with van der Waals surface area (Å²) in [6.07, 6.45) is 3.66. The number of rotatable bonds is 9. The topological polar surface area (TPSA) is 75.7 Å². The van der Waals surface area contributed by atoms with Gasteiger partial charge in [-0.1, -0.05) is 6.92 Å². The molecule has 1 heterocycles. The minimum Gasteiger partial charge on any atom is -0.496 e. The van der Waals surface area contributed by atoms with E-state index >= 15 is 0 Å². The van der Waals surface area contributed by atoms with Crippen molar-refractivity contribution in [2.75, 3.05) is 62.3 Å². The maximum Gasteiger partial charge on any atom is 0.187 e. The fourth-order valence-electron chi connectivity index (χ4n) is 4.03. The largest absolute Gasteiger partial charge is 0.496 e. The number of benzene rings is 2. The number of hydrogen-bond acceptors (Lipinski definition) is 8. The lowest BCUT2D eigenvalue weighted by Gasteiger charge is -2.29. The molecule has 0 N–H and O–H groups in total. The summed E-state index contributed by atoms with van der Waals surface area (Å²) in [5.74, 6) is 3.36. The molecule has 0 saturated carbocycles. The molecule has 0 amide bonds. The second kappa shape index (κ2) is 11.7. The van der Waals surface area contributed by atoms with Gasteiger partial charge in [0.2, 0.25) is 0 Å². The van der Waals surface area contributed by atoms with Crippen LogP contribution >= 0.6 is 0 Å². The Kier molecular flexibility index (Phi) is 8.65. The Bertz CT molecular complexity index is 1000. The van der Waals surface area contributed by atoms with Gasteiger partial charge in [0.15, 0.2) is 5.78 Å². The maximum atomic E-state index is 13.7. The van der Waals surface area contributed by atoms with E-state index in [0.717, 1.165) is 6.54 Å². The first kappa shape index (κ1) is 26.0. The van der Waals surface area contributed by atoms with Crippen LogP contribution in [-0.4, -0.2) is 73.0 Å². The van der Waals surface area contributed by atoms with E-state index in [-0.39, 0.29) is 5.78 Å². The number of piperidine rings is 1. The predicted molar refractivity (Wildman–Crippen MR) is 135 cm³/mol. The summed E-state index contributed by atoms with van der Waals surface area (Å²) in [6, 6.07) is 7.07. The molecule has 0 unspecified atom stereocenters. The molecule has 3 rings (SSSR count).